The fourth-order valence-electron chi connectivity index (χ4n) is 0.746. The number of nitrogens with two attached hydrogens (primary N) is 1. The van der Waals surface area contributed by atoms with Crippen molar-refractivity contribution in [3.63, 3.8) is 0 Å². The SMILES string of the molecule is Nc1cccc(COI)c1. The maximum Gasteiger partial charge on any atom is 0.110 e. The van der Waals surface area contributed by atoms with Crippen LogP contribution in [0.3, 0.4) is 0 Å². The fourth-order valence-corrected chi connectivity index (χ4v) is 1.11. The van der Waals surface area contributed by atoms with E-state index in [1.54, 1.807) is 0 Å². The number of rotatable bonds is 2. The molecule has 0 fully saturated rings. The topological polar surface area (TPSA) is 35.2 Å². The summed E-state index contributed by atoms with van der Waals surface area (Å²) >= 11 is 1.86. The first-order valence-corrected chi connectivity index (χ1v) is 3.79. The molecule has 0 aromatic heterocycles. The number of halogens is 1. The van der Waals surface area contributed by atoms with Gasteiger partial charge in [-0.05, 0) is 17.7 Å². The first-order valence-electron chi connectivity index (χ1n) is 2.91. The van der Waals surface area contributed by atoms with Crippen LogP contribution in [0.2, 0.25) is 0 Å². The highest BCUT2D eigenvalue weighted by molar-refractivity contribution is 14.1. The number of hydrogen-bond donors (Lipinski definition) is 1. The third-order valence-corrected chi connectivity index (χ3v) is 1.48. The summed E-state index contributed by atoms with van der Waals surface area (Å²) in [5.41, 5.74) is 7.42. The van der Waals surface area contributed by atoms with Crippen molar-refractivity contribution in [1.82, 2.24) is 0 Å². The van der Waals surface area contributed by atoms with Gasteiger partial charge in [-0.15, -0.1) is 0 Å². The molecule has 2 N–H and O–H groups in total. The second-order valence-corrected chi connectivity index (χ2v) is 2.62. The van der Waals surface area contributed by atoms with E-state index < -0.39 is 0 Å². The monoisotopic (exact) mass is 249 g/mol. The van der Waals surface area contributed by atoms with Crippen LogP contribution in [0, 0.1) is 0 Å². The lowest BCUT2D eigenvalue weighted by molar-refractivity contribution is 0.418. The minimum Gasteiger partial charge on any atom is -0.399 e. The van der Waals surface area contributed by atoms with Gasteiger partial charge in [-0.1, -0.05) is 12.1 Å². The van der Waals surface area contributed by atoms with Gasteiger partial charge in [0.25, 0.3) is 0 Å². The number of nitrogen functional groups attached to an aromatic ring is 1. The van der Waals surface area contributed by atoms with Crippen molar-refractivity contribution in [2.45, 2.75) is 6.61 Å². The summed E-state index contributed by atoms with van der Waals surface area (Å²) in [7, 11) is 0. The van der Waals surface area contributed by atoms with E-state index in [9.17, 15) is 0 Å². The molecule has 2 nitrogen and oxygen atoms in total. The fraction of sp³-hybridized carbons (Fsp3) is 0.143. The van der Waals surface area contributed by atoms with Crippen molar-refractivity contribution >= 4 is 28.7 Å². The van der Waals surface area contributed by atoms with Gasteiger partial charge in [0.2, 0.25) is 0 Å². The van der Waals surface area contributed by atoms with Crippen LogP contribution in [0.4, 0.5) is 5.69 Å². The zero-order valence-electron chi connectivity index (χ0n) is 5.38. The molecule has 1 aromatic rings. The molecule has 0 amide bonds. The van der Waals surface area contributed by atoms with Crippen LogP contribution < -0.4 is 5.73 Å². The lowest BCUT2D eigenvalue weighted by atomic mass is 10.2. The van der Waals surface area contributed by atoms with Crippen molar-refractivity contribution in [2.75, 3.05) is 5.73 Å². The molecule has 0 heterocycles. The highest BCUT2D eigenvalue weighted by atomic mass is 127. The molecular formula is C7H8INO. The Hall–Kier alpha value is -0.290. The molecule has 54 valence electrons. The van der Waals surface area contributed by atoms with E-state index in [4.69, 9.17) is 8.80 Å². The molecule has 0 radical (unpaired) electrons. The summed E-state index contributed by atoms with van der Waals surface area (Å²) < 4.78 is 4.90. The molecule has 10 heavy (non-hydrogen) atoms. The molecule has 0 bridgehead atoms. The van der Waals surface area contributed by atoms with Gasteiger partial charge in [0, 0.05) is 5.69 Å². The van der Waals surface area contributed by atoms with Gasteiger partial charge in [0.1, 0.15) is 23.0 Å². The molecule has 1 aromatic carbocycles. The summed E-state index contributed by atoms with van der Waals surface area (Å²) in [5, 5.41) is 0. The molecule has 0 aliphatic rings. The molecule has 0 unspecified atom stereocenters. The van der Waals surface area contributed by atoms with Gasteiger partial charge < -0.3 is 8.80 Å². The summed E-state index contributed by atoms with van der Waals surface area (Å²) in [5.74, 6) is 0. The largest absolute Gasteiger partial charge is 0.399 e. The second kappa shape index (κ2) is 3.78. The standard InChI is InChI=1S/C7H8INO/c8-10-5-6-2-1-3-7(9)4-6/h1-4H,5,9H2. The van der Waals surface area contributed by atoms with Crippen LogP contribution in [0.1, 0.15) is 5.56 Å². The minimum atomic E-state index is 0.617. The summed E-state index contributed by atoms with van der Waals surface area (Å²) in [6.07, 6.45) is 0. The van der Waals surface area contributed by atoms with Crippen molar-refractivity contribution in [3.8, 4) is 0 Å². The van der Waals surface area contributed by atoms with E-state index >= 15 is 0 Å². The first kappa shape index (κ1) is 7.81. The highest BCUT2D eigenvalue weighted by Gasteiger charge is 1.90. The highest BCUT2D eigenvalue weighted by Crippen LogP contribution is 2.08. The maximum absolute atomic E-state index is 5.53. The van der Waals surface area contributed by atoms with Gasteiger partial charge in [-0.25, -0.2) is 0 Å². The van der Waals surface area contributed by atoms with Gasteiger partial charge in [-0.2, -0.15) is 0 Å². The van der Waals surface area contributed by atoms with E-state index in [2.05, 4.69) is 0 Å². The second-order valence-electron chi connectivity index (χ2n) is 2.00. The summed E-state index contributed by atoms with van der Waals surface area (Å²) in [6.45, 7) is 0.617. The average molecular weight is 249 g/mol. The number of anilines is 1. The molecular weight excluding hydrogens is 241 g/mol. The van der Waals surface area contributed by atoms with Gasteiger partial charge in [0.15, 0.2) is 0 Å². The van der Waals surface area contributed by atoms with Gasteiger partial charge in [-0.3, -0.25) is 0 Å². The smallest absolute Gasteiger partial charge is 0.110 e. The maximum atomic E-state index is 5.53. The van der Waals surface area contributed by atoms with Gasteiger partial charge >= 0.3 is 0 Å². The molecule has 0 saturated carbocycles. The lowest BCUT2D eigenvalue weighted by Gasteiger charge is -1.97. The van der Waals surface area contributed by atoms with Crippen LogP contribution >= 0.6 is 23.0 Å². The quantitative estimate of drug-likeness (QED) is 0.643. The Labute approximate surface area is 74.1 Å². The third-order valence-electron chi connectivity index (χ3n) is 1.17. The number of hydrogen-bond acceptors (Lipinski definition) is 2. The molecule has 0 saturated heterocycles. The van der Waals surface area contributed by atoms with E-state index in [1.807, 2.05) is 47.3 Å². The molecule has 1 rings (SSSR count). The van der Waals surface area contributed by atoms with E-state index in [-0.39, 0.29) is 0 Å². The van der Waals surface area contributed by atoms with E-state index in [0.29, 0.717) is 6.61 Å². The third kappa shape index (κ3) is 2.15. The van der Waals surface area contributed by atoms with Crippen LogP contribution in [0.5, 0.6) is 0 Å². The minimum absolute atomic E-state index is 0.617. The zero-order chi connectivity index (χ0) is 7.40. The Bertz CT molecular complexity index is 215. The molecule has 0 aliphatic heterocycles. The molecule has 0 spiro atoms. The van der Waals surface area contributed by atoms with Crippen molar-refractivity contribution < 1.29 is 3.07 Å². The summed E-state index contributed by atoms with van der Waals surface area (Å²) in [6, 6.07) is 7.66. The Morgan fingerprint density at radius 3 is 2.90 bits per heavy atom. The van der Waals surface area contributed by atoms with E-state index in [0.717, 1.165) is 11.3 Å². The van der Waals surface area contributed by atoms with Crippen LogP contribution in [0.15, 0.2) is 24.3 Å². The van der Waals surface area contributed by atoms with Gasteiger partial charge in [0.05, 0.1) is 6.61 Å². The van der Waals surface area contributed by atoms with Crippen LogP contribution in [0.25, 0.3) is 0 Å². The Morgan fingerprint density at radius 2 is 2.30 bits per heavy atom. The normalized spacial score (nSPS) is 9.70. The van der Waals surface area contributed by atoms with E-state index in [1.165, 1.54) is 0 Å². The predicted octanol–water partition coefficient (Wildman–Crippen LogP) is 2.14. The zero-order valence-corrected chi connectivity index (χ0v) is 7.54. The average Bonchev–Trinajstić information content (AvgIpc) is 1.88. The summed E-state index contributed by atoms with van der Waals surface area (Å²) in [4.78, 5) is 0. The van der Waals surface area contributed by atoms with Crippen molar-refractivity contribution in [1.29, 1.82) is 0 Å². The molecule has 0 aliphatic carbocycles. The Balaban J connectivity index is 2.75. The number of benzene rings is 1. The molecule has 3 heteroatoms. The van der Waals surface area contributed by atoms with Crippen molar-refractivity contribution in [3.05, 3.63) is 29.8 Å². The first-order chi connectivity index (χ1) is 4.83. The lowest BCUT2D eigenvalue weighted by Crippen LogP contribution is -1.87. The molecule has 0 atom stereocenters. The van der Waals surface area contributed by atoms with Crippen LogP contribution in [-0.2, 0) is 9.67 Å². The predicted molar refractivity (Wildman–Crippen MR) is 49.7 cm³/mol. The van der Waals surface area contributed by atoms with Crippen molar-refractivity contribution in [2.24, 2.45) is 0 Å². The Morgan fingerprint density at radius 1 is 1.50 bits per heavy atom. The van der Waals surface area contributed by atoms with Crippen LogP contribution in [-0.4, -0.2) is 0 Å². The Kier molecular flexibility index (Phi) is 2.95.